The van der Waals surface area contributed by atoms with Crippen molar-refractivity contribution >= 4 is 0 Å². The molecular weight excluding hydrogens is 332 g/mol. The van der Waals surface area contributed by atoms with Gasteiger partial charge in [0, 0.05) is 18.0 Å². The maximum Gasteiger partial charge on any atom is 0.159 e. The highest BCUT2D eigenvalue weighted by Gasteiger charge is 2.22. The Hall–Kier alpha value is -2.35. The zero-order valence-electron chi connectivity index (χ0n) is 15.0. The topological polar surface area (TPSA) is 49.6 Å². The van der Waals surface area contributed by atoms with Crippen LogP contribution in [0.4, 0.5) is 8.78 Å². The van der Waals surface area contributed by atoms with Crippen LogP contribution in [0, 0.1) is 28.9 Å². The lowest BCUT2D eigenvalue weighted by molar-refractivity contribution is 0.304. The van der Waals surface area contributed by atoms with Gasteiger partial charge >= 0.3 is 0 Å². The monoisotopic (exact) mass is 355 g/mol. The Bertz CT molecular complexity index is 765. The van der Waals surface area contributed by atoms with Crippen molar-refractivity contribution in [3.05, 3.63) is 47.3 Å². The third-order valence-electron chi connectivity index (χ3n) is 5.37. The molecule has 3 rings (SSSR count). The first-order valence-corrected chi connectivity index (χ1v) is 9.33. The van der Waals surface area contributed by atoms with E-state index in [1.165, 1.54) is 38.2 Å². The van der Waals surface area contributed by atoms with E-state index in [9.17, 15) is 8.78 Å². The zero-order chi connectivity index (χ0) is 18.5. The number of hydrogen-bond donors (Lipinski definition) is 0. The molecule has 3 nitrogen and oxygen atoms in total. The molecule has 1 aliphatic carbocycles. The normalized spacial score (nSPS) is 19.9. The molecule has 0 aliphatic heterocycles. The molecule has 1 aliphatic rings. The molecule has 26 heavy (non-hydrogen) atoms. The molecular formula is C21H23F2N3. The number of rotatable bonds is 5. The summed E-state index contributed by atoms with van der Waals surface area (Å²) in [5.41, 5.74) is 0.760. The Kier molecular flexibility index (Phi) is 5.92. The fourth-order valence-electron chi connectivity index (χ4n) is 3.78. The number of unbranched alkanes of at least 4 members (excludes halogenated alkanes) is 1. The predicted octanol–water partition coefficient (Wildman–Crippen LogP) is 5.76. The van der Waals surface area contributed by atoms with Crippen LogP contribution in [0.15, 0.2) is 24.5 Å². The van der Waals surface area contributed by atoms with E-state index in [0.29, 0.717) is 5.92 Å². The van der Waals surface area contributed by atoms with Crippen LogP contribution in [0.5, 0.6) is 0 Å². The van der Waals surface area contributed by atoms with Crippen LogP contribution in [0.1, 0.15) is 68.9 Å². The first-order valence-electron chi connectivity index (χ1n) is 9.33. The maximum atomic E-state index is 13.8. The Balaban J connectivity index is 1.69. The lowest BCUT2D eigenvalue weighted by Gasteiger charge is -2.28. The lowest BCUT2D eigenvalue weighted by atomic mass is 9.78. The Morgan fingerprint density at radius 2 is 1.69 bits per heavy atom. The van der Waals surface area contributed by atoms with E-state index in [2.05, 4.69) is 16.9 Å². The SMILES string of the molecule is CCCCC1CCC(c2cnc(-c3cc(F)c(C#N)c(F)c3)nc2)CC1. The van der Waals surface area contributed by atoms with Crippen molar-refractivity contribution in [2.75, 3.05) is 0 Å². The zero-order valence-corrected chi connectivity index (χ0v) is 15.0. The number of nitriles is 1. The standard InChI is InChI=1S/C21H23F2N3/c1-2-3-4-14-5-7-15(8-6-14)17-12-25-21(26-13-17)16-9-19(22)18(11-24)20(23)10-16/h9-10,12-15H,2-8H2,1H3. The van der Waals surface area contributed by atoms with Crippen LogP contribution < -0.4 is 0 Å². The van der Waals surface area contributed by atoms with E-state index in [1.807, 2.05) is 0 Å². The van der Waals surface area contributed by atoms with Crippen molar-refractivity contribution in [3.63, 3.8) is 0 Å². The molecule has 0 unspecified atom stereocenters. The number of halogens is 2. The Morgan fingerprint density at radius 1 is 1.08 bits per heavy atom. The summed E-state index contributed by atoms with van der Waals surface area (Å²) in [6, 6.07) is 3.73. The van der Waals surface area contributed by atoms with Crippen LogP contribution in [0.25, 0.3) is 11.4 Å². The average Bonchev–Trinajstić information content (AvgIpc) is 2.67. The van der Waals surface area contributed by atoms with Gasteiger partial charge in [-0.2, -0.15) is 5.26 Å². The second-order valence-corrected chi connectivity index (χ2v) is 7.13. The highest BCUT2D eigenvalue weighted by Crippen LogP contribution is 2.37. The fourth-order valence-corrected chi connectivity index (χ4v) is 3.78. The average molecular weight is 355 g/mol. The molecule has 1 aromatic carbocycles. The first kappa shape index (κ1) is 18.4. The molecule has 1 heterocycles. The highest BCUT2D eigenvalue weighted by atomic mass is 19.1. The van der Waals surface area contributed by atoms with Gasteiger partial charge in [0.05, 0.1) is 0 Å². The quantitative estimate of drug-likeness (QED) is 0.685. The van der Waals surface area contributed by atoms with E-state index in [4.69, 9.17) is 5.26 Å². The molecule has 1 aromatic heterocycles. The summed E-state index contributed by atoms with van der Waals surface area (Å²) in [4.78, 5) is 8.61. The Labute approximate surface area is 153 Å². The van der Waals surface area contributed by atoms with E-state index in [0.717, 1.165) is 36.5 Å². The number of nitrogens with zero attached hydrogens (tertiary/aromatic N) is 3. The third kappa shape index (κ3) is 4.07. The summed E-state index contributed by atoms with van der Waals surface area (Å²) in [5, 5.41) is 8.75. The van der Waals surface area contributed by atoms with Gasteiger partial charge in [0.15, 0.2) is 5.82 Å². The first-order chi connectivity index (χ1) is 12.6. The summed E-state index contributed by atoms with van der Waals surface area (Å²) in [6.45, 7) is 2.23. The van der Waals surface area contributed by atoms with Crippen LogP contribution in [-0.4, -0.2) is 9.97 Å². The van der Waals surface area contributed by atoms with Crippen molar-refractivity contribution in [2.24, 2.45) is 5.92 Å². The number of hydrogen-bond acceptors (Lipinski definition) is 3. The van der Waals surface area contributed by atoms with E-state index >= 15 is 0 Å². The van der Waals surface area contributed by atoms with Crippen LogP contribution in [-0.2, 0) is 0 Å². The second kappa shape index (κ2) is 8.35. The van der Waals surface area contributed by atoms with Crippen molar-refractivity contribution in [2.45, 2.75) is 57.8 Å². The highest BCUT2D eigenvalue weighted by molar-refractivity contribution is 5.57. The summed E-state index contributed by atoms with van der Waals surface area (Å²) in [5.74, 6) is -0.193. The van der Waals surface area contributed by atoms with E-state index in [-0.39, 0.29) is 11.4 Å². The van der Waals surface area contributed by atoms with Gasteiger partial charge in [-0.3, -0.25) is 0 Å². The minimum absolute atomic E-state index is 0.244. The molecule has 0 amide bonds. The van der Waals surface area contributed by atoms with Crippen LogP contribution in [0.3, 0.4) is 0 Å². The van der Waals surface area contributed by atoms with Crippen molar-refractivity contribution in [1.82, 2.24) is 9.97 Å². The molecule has 0 spiro atoms. The summed E-state index contributed by atoms with van der Waals surface area (Å²) >= 11 is 0. The second-order valence-electron chi connectivity index (χ2n) is 7.13. The predicted molar refractivity (Wildman–Crippen MR) is 96.3 cm³/mol. The van der Waals surface area contributed by atoms with E-state index < -0.39 is 17.2 Å². The largest absolute Gasteiger partial charge is 0.236 e. The summed E-state index contributed by atoms with van der Waals surface area (Å²) < 4.78 is 27.5. The number of benzene rings is 1. The third-order valence-corrected chi connectivity index (χ3v) is 5.37. The van der Waals surface area contributed by atoms with Gasteiger partial charge in [-0.25, -0.2) is 18.7 Å². The summed E-state index contributed by atoms with van der Waals surface area (Å²) in [6.07, 6.45) is 12.2. The van der Waals surface area contributed by atoms with Gasteiger partial charge in [-0.1, -0.05) is 26.2 Å². The molecule has 1 fully saturated rings. The minimum Gasteiger partial charge on any atom is -0.236 e. The molecule has 2 aromatic rings. The van der Waals surface area contributed by atoms with Crippen molar-refractivity contribution in [3.8, 4) is 17.5 Å². The van der Waals surface area contributed by atoms with Gasteiger partial charge < -0.3 is 0 Å². The van der Waals surface area contributed by atoms with Gasteiger partial charge in [-0.15, -0.1) is 0 Å². The van der Waals surface area contributed by atoms with E-state index in [1.54, 1.807) is 12.4 Å². The molecule has 1 saturated carbocycles. The molecule has 0 atom stereocenters. The molecule has 0 saturated heterocycles. The van der Waals surface area contributed by atoms with Crippen LogP contribution in [0.2, 0.25) is 0 Å². The van der Waals surface area contributed by atoms with Crippen molar-refractivity contribution < 1.29 is 8.78 Å². The van der Waals surface area contributed by atoms with Gasteiger partial charge in [0.2, 0.25) is 0 Å². The van der Waals surface area contributed by atoms with Crippen LogP contribution >= 0.6 is 0 Å². The fraction of sp³-hybridized carbons (Fsp3) is 0.476. The molecule has 136 valence electrons. The minimum atomic E-state index is -0.888. The maximum absolute atomic E-state index is 13.8. The lowest BCUT2D eigenvalue weighted by Crippen LogP contribution is -2.13. The van der Waals surface area contributed by atoms with Crippen molar-refractivity contribution in [1.29, 1.82) is 5.26 Å². The van der Waals surface area contributed by atoms with Gasteiger partial charge in [0.1, 0.15) is 23.3 Å². The van der Waals surface area contributed by atoms with Gasteiger partial charge in [-0.05, 0) is 55.2 Å². The molecule has 0 N–H and O–H groups in total. The Morgan fingerprint density at radius 3 is 2.23 bits per heavy atom. The molecule has 5 heteroatoms. The summed E-state index contributed by atoms with van der Waals surface area (Å²) in [7, 11) is 0. The smallest absolute Gasteiger partial charge is 0.159 e. The molecule has 0 bridgehead atoms. The molecule has 0 radical (unpaired) electrons. The van der Waals surface area contributed by atoms with Gasteiger partial charge in [0.25, 0.3) is 0 Å². The number of aromatic nitrogens is 2.